The second-order valence-corrected chi connectivity index (χ2v) is 12.6. The second-order valence-electron chi connectivity index (χ2n) is 10.1. The number of fused-ring (bicyclic) bond motifs is 2. The fourth-order valence-electron chi connectivity index (χ4n) is 5.62. The Bertz CT molecular complexity index is 1220. The number of amides is 1. The molecule has 0 aromatic heterocycles. The summed E-state index contributed by atoms with van der Waals surface area (Å²) in [5.41, 5.74) is 1.39. The topological polar surface area (TPSA) is 87.2 Å². The lowest BCUT2D eigenvalue weighted by Gasteiger charge is -2.43. The van der Waals surface area contributed by atoms with Crippen LogP contribution in [0, 0.1) is 0 Å². The Morgan fingerprint density at radius 3 is 2.40 bits per heavy atom. The highest BCUT2D eigenvalue weighted by atomic mass is 35.5. The highest BCUT2D eigenvalue weighted by molar-refractivity contribution is 7.90. The first-order valence-corrected chi connectivity index (χ1v) is 14.3. The Morgan fingerprint density at radius 2 is 1.80 bits per heavy atom. The zero-order valence-corrected chi connectivity index (χ0v) is 21.6. The van der Waals surface area contributed by atoms with E-state index in [-0.39, 0.29) is 29.0 Å². The van der Waals surface area contributed by atoms with Crippen LogP contribution in [0.2, 0.25) is 5.02 Å². The number of likely N-dealkylation sites (tertiary alicyclic amines) is 1. The SMILES string of the molecule is C[C@H](COc1ccc(S(C)(=O)=O)cc1)N1CCC2(CC1)C(=O)N([C@H]1C[C@@H](O)C1)c1ccc(Cl)cc12. The molecule has 1 aliphatic carbocycles. The molecule has 9 heteroatoms. The summed E-state index contributed by atoms with van der Waals surface area (Å²) in [6.45, 7) is 4.09. The van der Waals surface area contributed by atoms with Crippen molar-refractivity contribution in [1.82, 2.24) is 4.90 Å². The number of rotatable bonds is 6. The van der Waals surface area contributed by atoms with Crippen LogP contribution < -0.4 is 9.64 Å². The maximum absolute atomic E-state index is 13.8. The van der Waals surface area contributed by atoms with Crippen molar-refractivity contribution in [1.29, 1.82) is 0 Å². The lowest BCUT2D eigenvalue weighted by Crippen LogP contribution is -2.55. The van der Waals surface area contributed by atoms with Crippen molar-refractivity contribution in [3.63, 3.8) is 0 Å². The van der Waals surface area contributed by atoms with Gasteiger partial charge in [0.15, 0.2) is 9.84 Å². The normalized spacial score (nSPS) is 24.8. The summed E-state index contributed by atoms with van der Waals surface area (Å²) < 4.78 is 29.2. The van der Waals surface area contributed by atoms with Crippen LogP contribution >= 0.6 is 11.6 Å². The molecule has 5 rings (SSSR count). The van der Waals surface area contributed by atoms with E-state index in [0.29, 0.717) is 43.1 Å². The fourth-order valence-corrected chi connectivity index (χ4v) is 6.43. The predicted octanol–water partition coefficient (Wildman–Crippen LogP) is 3.41. The van der Waals surface area contributed by atoms with Gasteiger partial charge in [-0.25, -0.2) is 8.42 Å². The molecule has 1 saturated carbocycles. The summed E-state index contributed by atoms with van der Waals surface area (Å²) in [4.78, 5) is 18.3. The number of aliphatic hydroxyl groups excluding tert-OH is 1. The molecule has 3 aliphatic rings. The lowest BCUT2D eigenvalue weighted by molar-refractivity contribution is -0.126. The number of hydrogen-bond donors (Lipinski definition) is 1. The van der Waals surface area contributed by atoms with Gasteiger partial charge in [-0.3, -0.25) is 9.69 Å². The number of carbonyl (C=O) groups excluding carboxylic acids is 1. The number of hydrogen-bond acceptors (Lipinski definition) is 6. The molecule has 35 heavy (non-hydrogen) atoms. The molecule has 2 aromatic carbocycles. The Labute approximate surface area is 211 Å². The van der Waals surface area contributed by atoms with Crippen LogP contribution in [0.25, 0.3) is 0 Å². The van der Waals surface area contributed by atoms with Crippen molar-refractivity contribution in [3.8, 4) is 5.75 Å². The number of piperidine rings is 1. The Hall–Kier alpha value is -2.13. The quantitative estimate of drug-likeness (QED) is 0.630. The van der Waals surface area contributed by atoms with Crippen LogP contribution in [-0.2, 0) is 20.0 Å². The highest BCUT2D eigenvalue weighted by Gasteiger charge is 2.55. The molecule has 1 atom stereocenters. The Kier molecular flexibility index (Phi) is 6.36. The molecule has 1 N–H and O–H groups in total. The number of halogens is 1. The minimum Gasteiger partial charge on any atom is -0.492 e. The number of carbonyl (C=O) groups is 1. The fraction of sp³-hybridized carbons (Fsp3) is 0.500. The standard InChI is InChI=1S/C26H31ClN2O5S/c1-17(16-34-21-4-6-22(7-5-21)35(2,32)33)28-11-9-26(10-12-28)23-13-18(27)3-8-24(23)29(25(26)31)19-14-20(30)15-19/h3-8,13,17,19-20,30H,9-12,14-16H2,1-2H3/t17-,19-,20+/m1/s1. The van der Waals surface area contributed by atoms with Gasteiger partial charge in [0, 0.05) is 29.0 Å². The molecule has 0 bridgehead atoms. The van der Waals surface area contributed by atoms with Crippen molar-refractivity contribution < 1.29 is 23.1 Å². The van der Waals surface area contributed by atoms with E-state index in [1.165, 1.54) is 6.26 Å². The van der Waals surface area contributed by atoms with Crippen LogP contribution in [-0.4, -0.2) is 68.5 Å². The highest BCUT2D eigenvalue weighted by Crippen LogP contribution is 2.51. The Balaban J connectivity index is 1.25. The minimum absolute atomic E-state index is 0.0521. The molecule has 2 heterocycles. The van der Waals surface area contributed by atoms with Gasteiger partial charge in [0.2, 0.25) is 5.91 Å². The number of anilines is 1. The van der Waals surface area contributed by atoms with E-state index in [9.17, 15) is 18.3 Å². The van der Waals surface area contributed by atoms with Gasteiger partial charge in [0.1, 0.15) is 12.4 Å². The van der Waals surface area contributed by atoms with Crippen molar-refractivity contribution >= 4 is 33.0 Å². The molecule has 7 nitrogen and oxygen atoms in total. The predicted molar refractivity (Wildman–Crippen MR) is 135 cm³/mol. The summed E-state index contributed by atoms with van der Waals surface area (Å²) in [5.74, 6) is 0.770. The molecule has 2 fully saturated rings. The third-order valence-electron chi connectivity index (χ3n) is 7.83. The first kappa shape index (κ1) is 24.6. The molecule has 0 unspecified atom stereocenters. The molecule has 2 aliphatic heterocycles. The maximum Gasteiger partial charge on any atom is 0.238 e. The van der Waals surface area contributed by atoms with E-state index in [0.717, 1.165) is 24.3 Å². The van der Waals surface area contributed by atoms with Gasteiger partial charge in [-0.15, -0.1) is 0 Å². The van der Waals surface area contributed by atoms with E-state index < -0.39 is 15.3 Å². The third-order valence-corrected chi connectivity index (χ3v) is 9.20. The van der Waals surface area contributed by atoms with Crippen LogP contribution in [0.4, 0.5) is 5.69 Å². The van der Waals surface area contributed by atoms with Crippen LogP contribution in [0.15, 0.2) is 47.4 Å². The van der Waals surface area contributed by atoms with Gasteiger partial charge in [0.25, 0.3) is 0 Å². The Morgan fingerprint density at radius 1 is 1.14 bits per heavy atom. The average molecular weight is 519 g/mol. The van der Waals surface area contributed by atoms with Crippen molar-refractivity contribution in [3.05, 3.63) is 53.1 Å². The number of aliphatic hydroxyl groups is 1. The lowest BCUT2D eigenvalue weighted by atomic mass is 9.73. The number of benzene rings is 2. The van der Waals surface area contributed by atoms with Crippen molar-refractivity contribution in [2.75, 3.05) is 30.9 Å². The molecular formula is C26H31ClN2O5S. The van der Waals surface area contributed by atoms with Crippen molar-refractivity contribution in [2.45, 2.75) is 61.1 Å². The molecule has 1 spiro atoms. The van der Waals surface area contributed by atoms with Gasteiger partial charge in [0.05, 0.1) is 16.4 Å². The van der Waals surface area contributed by atoms with Gasteiger partial charge in [-0.1, -0.05) is 11.6 Å². The summed E-state index contributed by atoms with van der Waals surface area (Å²) in [6.07, 6.45) is 3.51. The maximum atomic E-state index is 13.8. The molecule has 1 amide bonds. The summed E-state index contributed by atoms with van der Waals surface area (Å²) in [6, 6.07) is 12.4. The largest absolute Gasteiger partial charge is 0.492 e. The molecular weight excluding hydrogens is 488 g/mol. The third kappa shape index (κ3) is 4.46. The van der Waals surface area contributed by atoms with E-state index in [4.69, 9.17) is 16.3 Å². The number of sulfone groups is 1. The summed E-state index contributed by atoms with van der Waals surface area (Å²) in [7, 11) is -3.23. The molecule has 1 saturated heterocycles. The molecule has 188 valence electrons. The minimum atomic E-state index is -3.23. The van der Waals surface area contributed by atoms with Crippen LogP contribution in [0.5, 0.6) is 5.75 Å². The smallest absolute Gasteiger partial charge is 0.238 e. The average Bonchev–Trinajstić information content (AvgIpc) is 3.03. The summed E-state index contributed by atoms with van der Waals surface area (Å²) >= 11 is 6.35. The van der Waals surface area contributed by atoms with E-state index >= 15 is 0 Å². The van der Waals surface area contributed by atoms with Crippen LogP contribution in [0.3, 0.4) is 0 Å². The van der Waals surface area contributed by atoms with Gasteiger partial charge >= 0.3 is 0 Å². The van der Waals surface area contributed by atoms with Gasteiger partial charge in [-0.05, 0) is 93.7 Å². The number of nitrogens with zero attached hydrogens (tertiary/aromatic N) is 2. The van der Waals surface area contributed by atoms with Gasteiger partial charge < -0.3 is 14.7 Å². The van der Waals surface area contributed by atoms with Crippen LogP contribution in [0.1, 0.15) is 38.2 Å². The van der Waals surface area contributed by atoms with E-state index in [2.05, 4.69) is 11.8 Å². The molecule has 2 aromatic rings. The van der Waals surface area contributed by atoms with E-state index in [1.54, 1.807) is 24.3 Å². The first-order chi connectivity index (χ1) is 16.6. The molecule has 0 radical (unpaired) electrons. The number of ether oxygens (including phenoxy) is 1. The van der Waals surface area contributed by atoms with Crippen molar-refractivity contribution in [2.24, 2.45) is 0 Å². The zero-order valence-electron chi connectivity index (χ0n) is 20.0. The van der Waals surface area contributed by atoms with E-state index in [1.807, 2.05) is 23.1 Å². The first-order valence-electron chi connectivity index (χ1n) is 12.1. The monoisotopic (exact) mass is 518 g/mol. The zero-order chi connectivity index (χ0) is 25.0. The van der Waals surface area contributed by atoms with Gasteiger partial charge in [-0.2, -0.15) is 0 Å². The summed E-state index contributed by atoms with van der Waals surface area (Å²) in [5, 5.41) is 10.5. The second kappa shape index (κ2) is 9.07.